The summed E-state index contributed by atoms with van der Waals surface area (Å²) in [6, 6.07) is 3.89. The lowest BCUT2D eigenvalue weighted by molar-refractivity contribution is 0.111. The van der Waals surface area contributed by atoms with Crippen molar-refractivity contribution in [2.24, 2.45) is 0 Å². The van der Waals surface area contributed by atoms with Crippen molar-refractivity contribution in [2.75, 3.05) is 0 Å². The Morgan fingerprint density at radius 3 is 2.88 bits per heavy atom. The molecule has 0 atom stereocenters. The lowest BCUT2D eigenvalue weighted by Gasteiger charge is -2.02. The number of aromatic nitrogens is 3. The molecule has 1 aromatic carbocycles. The Morgan fingerprint density at radius 1 is 1.38 bits per heavy atom. The van der Waals surface area contributed by atoms with Crippen LogP contribution in [0.4, 0.5) is 8.78 Å². The van der Waals surface area contributed by atoms with Gasteiger partial charge in [-0.25, -0.2) is 13.5 Å². The minimum absolute atomic E-state index is 0.0322. The summed E-state index contributed by atoms with van der Waals surface area (Å²) in [4.78, 5) is 10.3. The van der Waals surface area contributed by atoms with Crippen LogP contribution < -0.4 is 0 Å². The number of benzene rings is 1. The van der Waals surface area contributed by atoms with Gasteiger partial charge in [-0.05, 0) is 6.07 Å². The summed E-state index contributed by atoms with van der Waals surface area (Å²) in [6.45, 7) is 0.0322. The van der Waals surface area contributed by atoms with Crippen LogP contribution in [0.3, 0.4) is 0 Å². The molecule has 0 fully saturated rings. The molecule has 0 N–H and O–H groups in total. The summed E-state index contributed by atoms with van der Waals surface area (Å²) >= 11 is 0. The lowest BCUT2D eigenvalue weighted by atomic mass is 10.2. The van der Waals surface area contributed by atoms with Crippen molar-refractivity contribution in [2.45, 2.75) is 6.54 Å². The van der Waals surface area contributed by atoms with Crippen LogP contribution in [0.5, 0.6) is 0 Å². The van der Waals surface area contributed by atoms with Gasteiger partial charge in [-0.3, -0.25) is 4.79 Å². The van der Waals surface area contributed by atoms with E-state index < -0.39 is 11.6 Å². The highest BCUT2D eigenvalue weighted by molar-refractivity contribution is 5.70. The number of halogens is 2. The highest BCUT2D eigenvalue weighted by atomic mass is 19.2. The van der Waals surface area contributed by atoms with Crippen LogP contribution in [-0.4, -0.2) is 21.3 Å². The summed E-state index contributed by atoms with van der Waals surface area (Å²) in [5, 5.41) is 7.11. The van der Waals surface area contributed by atoms with Crippen LogP contribution in [-0.2, 0) is 6.54 Å². The molecule has 0 radical (unpaired) electrons. The molecule has 0 amide bonds. The third-order valence-electron chi connectivity index (χ3n) is 2.04. The molecular formula is C10H7F2N3O. The van der Waals surface area contributed by atoms with Crippen molar-refractivity contribution in [3.63, 3.8) is 0 Å². The van der Waals surface area contributed by atoms with E-state index in [0.717, 1.165) is 6.07 Å². The van der Waals surface area contributed by atoms with Gasteiger partial charge in [0.05, 0.1) is 12.7 Å². The van der Waals surface area contributed by atoms with E-state index in [4.69, 9.17) is 0 Å². The molecule has 0 spiro atoms. The van der Waals surface area contributed by atoms with Gasteiger partial charge in [0.2, 0.25) is 0 Å². The Labute approximate surface area is 89.5 Å². The fraction of sp³-hybridized carbons (Fsp3) is 0.100. The minimum atomic E-state index is -0.911. The second-order valence-electron chi connectivity index (χ2n) is 3.17. The van der Waals surface area contributed by atoms with Gasteiger partial charge in [0.25, 0.3) is 0 Å². The predicted octanol–water partition coefficient (Wildman–Crippen LogP) is 1.42. The number of aldehydes is 1. The average Bonchev–Trinajstić information content (AvgIpc) is 2.73. The van der Waals surface area contributed by atoms with Crippen molar-refractivity contribution in [1.29, 1.82) is 0 Å². The molecule has 0 aliphatic carbocycles. The number of carbonyl (C=O) groups excluding carboxylic acids is 1. The molecular weight excluding hydrogens is 216 g/mol. The van der Waals surface area contributed by atoms with Crippen molar-refractivity contribution in [1.82, 2.24) is 15.0 Å². The second kappa shape index (κ2) is 4.18. The molecule has 4 nitrogen and oxygen atoms in total. The van der Waals surface area contributed by atoms with Crippen LogP contribution in [0, 0.1) is 11.6 Å². The quantitative estimate of drug-likeness (QED) is 0.739. The Hall–Kier alpha value is -2.11. The maximum absolute atomic E-state index is 13.3. The fourth-order valence-corrected chi connectivity index (χ4v) is 1.29. The van der Waals surface area contributed by atoms with Crippen LogP contribution in [0.15, 0.2) is 24.4 Å². The van der Waals surface area contributed by atoms with E-state index in [-0.39, 0.29) is 17.8 Å². The highest BCUT2D eigenvalue weighted by Crippen LogP contribution is 2.12. The molecule has 2 rings (SSSR count). The monoisotopic (exact) mass is 223 g/mol. The molecule has 16 heavy (non-hydrogen) atoms. The molecule has 0 saturated carbocycles. The third kappa shape index (κ3) is 1.95. The molecule has 2 aromatic rings. The number of hydrogen-bond acceptors (Lipinski definition) is 3. The number of hydrogen-bond donors (Lipinski definition) is 0. The van der Waals surface area contributed by atoms with Gasteiger partial charge in [-0.2, -0.15) is 0 Å². The van der Waals surface area contributed by atoms with E-state index in [1.807, 2.05) is 0 Å². The molecule has 0 saturated heterocycles. The molecule has 0 aliphatic heterocycles. The largest absolute Gasteiger partial charge is 0.296 e. The van der Waals surface area contributed by atoms with E-state index in [9.17, 15) is 13.6 Å². The summed E-state index contributed by atoms with van der Waals surface area (Å²) < 4.78 is 27.4. The maximum Gasteiger partial charge on any atom is 0.171 e. The zero-order valence-corrected chi connectivity index (χ0v) is 8.10. The number of nitrogens with zero attached hydrogens (tertiary/aromatic N) is 3. The van der Waals surface area contributed by atoms with E-state index in [0.29, 0.717) is 6.29 Å². The Kier molecular flexibility index (Phi) is 2.72. The SMILES string of the molecule is O=Cc1cn(Cc2cccc(F)c2F)nn1. The third-order valence-corrected chi connectivity index (χ3v) is 2.04. The summed E-state index contributed by atoms with van der Waals surface area (Å²) in [7, 11) is 0. The Morgan fingerprint density at radius 2 is 2.19 bits per heavy atom. The minimum Gasteiger partial charge on any atom is -0.296 e. The summed E-state index contributed by atoms with van der Waals surface area (Å²) in [5.41, 5.74) is 0.305. The van der Waals surface area contributed by atoms with Crippen molar-refractivity contribution < 1.29 is 13.6 Å². The number of rotatable bonds is 3. The first-order valence-corrected chi connectivity index (χ1v) is 4.49. The second-order valence-corrected chi connectivity index (χ2v) is 3.17. The molecule has 1 aromatic heterocycles. The molecule has 1 heterocycles. The van der Waals surface area contributed by atoms with Crippen molar-refractivity contribution in [3.05, 3.63) is 47.3 Å². The normalized spacial score (nSPS) is 10.4. The first-order chi connectivity index (χ1) is 7.70. The standard InChI is InChI=1S/C10H7F2N3O/c11-9-3-1-2-7(10(9)12)4-15-5-8(6-16)13-14-15/h1-3,5-6H,4H2. The zero-order chi connectivity index (χ0) is 11.5. The smallest absolute Gasteiger partial charge is 0.171 e. The zero-order valence-electron chi connectivity index (χ0n) is 8.10. The topological polar surface area (TPSA) is 47.8 Å². The van der Waals surface area contributed by atoms with E-state index in [2.05, 4.69) is 10.3 Å². The van der Waals surface area contributed by atoms with Gasteiger partial charge in [-0.1, -0.05) is 17.3 Å². The van der Waals surface area contributed by atoms with E-state index in [1.54, 1.807) is 0 Å². The van der Waals surface area contributed by atoms with Gasteiger partial charge in [0.15, 0.2) is 17.9 Å². The Balaban J connectivity index is 2.26. The fourth-order valence-electron chi connectivity index (χ4n) is 1.29. The van der Waals surface area contributed by atoms with Gasteiger partial charge < -0.3 is 0 Å². The van der Waals surface area contributed by atoms with E-state index >= 15 is 0 Å². The first-order valence-electron chi connectivity index (χ1n) is 4.49. The Bertz CT molecular complexity index is 525. The average molecular weight is 223 g/mol. The van der Waals surface area contributed by atoms with Gasteiger partial charge in [-0.15, -0.1) is 5.10 Å². The highest BCUT2D eigenvalue weighted by Gasteiger charge is 2.08. The van der Waals surface area contributed by atoms with Crippen LogP contribution in [0.1, 0.15) is 16.1 Å². The van der Waals surface area contributed by atoms with Crippen LogP contribution >= 0.6 is 0 Å². The van der Waals surface area contributed by atoms with Gasteiger partial charge in [0.1, 0.15) is 5.69 Å². The van der Waals surface area contributed by atoms with Crippen molar-refractivity contribution in [3.8, 4) is 0 Å². The first kappa shape index (κ1) is 10.4. The van der Waals surface area contributed by atoms with Gasteiger partial charge >= 0.3 is 0 Å². The van der Waals surface area contributed by atoms with Crippen molar-refractivity contribution >= 4 is 6.29 Å². The van der Waals surface area contributed by atoms with Crippen LogP contribution in [0.2, 0.25) is 0 Å². The summed E-state index contributed by atoms with van der Waals surface area (Å²) in [5.74, 6) is -1.82. The lowest BCUT2D eigenvalue weighted by Crippen LogP contribution is -2.04. The predicted molar refractivity (Wildman–Crippen MR) is 50.9 cm³/mol. The molecule has 0 bridgehead atoms. The van der Waals surface area contributed by atoms with Crippen LogP contribution in [0.25, 0.3) is 0 Å². The molecule has 0 unspecified atom stereocenters. The maximum atomic E-state index is 13.3. The molecule has 0 aliphatic rings. The van der Waals surface area contributed by atoms with Gasteiger partial charge in [0, 0.05) is 5.56 Å². The summed E-state index contributed by atoms with van der Waals surface area (Å²) in [6.07, 6.45) is 1.89. The van der Waals surface area contributed by atoms with E-state index in [1.165, 1.54) is 23.0 Å². The molecule has 6 heteroatoms. The molecule has 82 valence electrons. The number of carbonyl (C=O) groups is 1.